The van der Waals surface area contributed by atoms with Gasteiger partial charge in [-0.2, -0.15) is 0 Å². The van der Waals surface area contributed by atoms with Crippen molar-refractivity contribution >= 4 is 5.91 Å². The van der Waals surface area contributed by atoms with Crippen molar-refractivity contribution in [3.63, 3.8) is 0 Å². The average Bonchev–Trinajstić information content (AvgIpc) is 2.56. The summed E-state index contributed by atoms with van der Waals surface area (Å²) in [4.78, 5) is 16.2. The summed E-state index contributed by atoms with van der Waals surface area (Å²) in [6, 6.07) is -0.0594. The van der Waals surface area contributed by atoms with E-state index in [4.69, 9.17) is 4.74 Å². The van der Waals surface area contributed by atoms with Crippen molar-refractivity contribution in [1.29, 1.82) is 0 Å². The van der Waals surface area contributed by atoms with Gasteiger partial charge in [0.2, 0.25) is 5.91 Å². The molecule has 0 bridgehead atoms. The second-order valence-corrected chi connectivity index (χ2v) is 4.94. The molecule has 3 unspecified atom stereocenters. The van der Waals surface area contributed by atoms with E-state index in [0.717, 1.165) is 26.2 Å². The van der Waals surface area contributed by atoms with Gasteiger partial charge in [0, 0.05) is 19.6 Å². The molecular weight excluding hydrogens is 218 g/mol. The van der Waals surface area contributed by atoms with Crippen LogP contribution in [0.15, 0.2) is 0 Å². The topological polar surface area (TPSA) is 44.8 Å². The predicted molar refractivity (Wildman–Crippen MR) is 65.6 cm³/mol. The Hall–Kier alpha value is -0.650. The van der Waals surface area contributed by atoms with Crippen LogP contribution in [0.4, 0.5) is 0 Å². The van der Waals surface area contributed by atoms with E-state index in [0.29, 0.717) is 6.54 Å². The highest BCUT2D eigenvalue weighted by molar-refractivity contribution is 5.83. The Morgan fingerprint density at radius 2 is 2.24 bits per heavy atom. The highest BCUT2D eigenvalue weighted by Crippen LogP contribution is 2.14. The number of nitrogens with one attached hydrogen (secondary N) is 1. The summed E-state index contributed by atoms with van der Waals surface area (Å²) in [6.07, 6.45) is 0.278. The van der Waals surface area contributed by atoms with Gasteiger partial charge in [0.05, 0.1) is 24.9 Å². The lowest BCUT2D eigenvalue weighted by Crippen LogP contribution is -2.49. The van der Waals surface area contributed by atoms with Crippen LogP contribution >= 0.6 is 0 Å². The maximum absolute atomic E-state index is 11.9. The minimum Gasteiger partial charge on any atom is -0.374 e. The molecule has 98 valence electrons. The fraction of sp³-hybridized carbons (Fsp3) is 0.917. The highest BCUT2D eigenvalue weighted by atomic mass is 16.5. The van der Waals surface area contributed by atoms with Gasteiger partial charge >= 0.3 is 0 Å². The van der Waals surface area contributed by atoms with E-state index < -0.39 is 0 Å². The molecule has 0 aromatic rings. The van der Waals surface area contributed by atoms with Crippen molar-refractivity contribution in [1.82, 2.24) is 15.1 Å². The van der Waals surface area contributed by atoms with Crippen LogP contribution in [0.5, 0.6) is 0 Å². The monoisotopic (exact) mass is 241 g/mol. The first kappa shape index (κ1) is 12.8. The molecule has 1 amide bonds. The first-order valence-corrected chi connectivity index (χ1v) is 6.52. The zero-order valence-corrected chi connectivity index (χ0v) is 11.0. The number of hydrogen-bond donors (Lipinski definition) is 1. The fourth-order valence-corrected chi connectivity index (χ4v) is 2.61. The molecule has 0 aromatic carbocycles. The normalized spacial score (nSPS) is 35.6. The first-order valence-electron chi connectivity index (χ1n) is 6.52. The van der Waals surface area contributed by atoms with Crippen LogP contribution in [-0.2, 0) is 9.53 Å². The van der Waals surface area contributed by atoms with E-state index >= 15 is 0 Å². The van der Waals surface area contributed by atoms with Crippen molar-refractivity contribution in [2.24, 2.45) is 0 Å². The largest absolute Gasteiger partial charge is 0.374 e. The minimum absolute atomic E-state index is 0.0594. The predicted octanol–water partition coefficient (Wildman–Crippen LogP) is -0.127. The number of ether oxygens (including phenoxy) is 1. The van der Waals surface area contributed by atoms with E-state index in [-0.39, 0.29) is 24.2 Å². The highest BCUT2D eigenvalue weighted by Gasteiger charge is 2.35. The SMILES string of the molecule is CCN1CCOC(CN2C(=O)C(C)NC2C)C1. The molecule has 5 nitrogen and oxygen atoms in total. The van der Waals surface area contributed by atoms with E-state index in [2.05, 4.69) is 17.1 Å². The molecule has 17 heavy (non-hydrogen) atoms. The van der Waals surface area contributed by atoms with Crippen LogP contribution in [0.1, 0.15) is 20.8 Å². The maximum Gasteiger partial charge on any atom is 0.240 e. The Balaban J connectivity index is 1.90. The smallest absolute Gasteiger partial charge is 0.240 e. The van der Waals surface area contributed by atoms with Crippen LogP contribution in [0.3, 0.4) is 0 Å². The van der Waals surface area contributed by atoms with Crippen LogP contribution < -0.4 is 5.32 Å². The number of rotatable bonds is 3. The first-order chi connectivity index (χ1) is 8.11. The molecule has 0 aromatic heterocycles. The van der Waals surface area contributed by atoms with Gasteiger partial charge in [0.1, 0.15) is 0 Å². The molecule has 0 aliphatic carbocycles. The van der Waals surface area contributed by atoms with Gasteiger partial charge in [-0.15, -0.1) is 0 Å². The number of hydrogen-bond acceptors (Lipinski definition) is 4. The Morgan fingerprint density at radius 3 is 2.82 bits per heavy atom. The fourth-order valence-electron chi connectivity index (χ4n) is 2.61. The van der Waals surface area contributed by atoms with Crippen molar-refractivity contribution in [2.45, 2.75) is 39.1 Å². The lowest BCUT2D eigenvalue weighted by Gasteiger charge is -2.35. The molecule has 0 radical (unpaired) electrons. The summed E-state index contributed by atoms with van der Waals surface area (Å²) in [7, 11) is 0. The molecule has 0 spiro atoms. The summed E-state index contributed by atoms with van der Waals surface area (Å²) in [5.74, 6) is 0.190. The van der Waals surface area contributed by atoms with Crippen LogP contribution in [0.2, 0.25) is 0 Å². The molecule has 1 N–H and O–H groups in total. The van der Waals surface area contributed by atoms with Crippen molar-refractivity contribution in [3.8, 4) is 0 Å². The molecule has 2 fully saturated rings. The number of nitrogens with zero attached hydrogens (tertiary/aromatic N) is 2. The van der Waals surface area contributed by atoms with Crippen LogP contribution in [-0.4, -0.2) is 66.8 Å². The number of morpholine rings is 1. The Labute approximate surface area is 103 Å². The van der Waals surface area contributed by atoms with E-state index in [1.54, 1.807) is 0 Å². The number of carbonyl (C=O) groups is 1. The second-order valence-electron chi connectivity index (χ2n) is 4.94. The second kappa shape index (κ2) is 5.33. The summed E-state index contributed by atoms with van der Waals surface area (Å²) >= 11 is 0. The lowest BCUT2D eigenvalue weighted by atomic mass is 10.2. The molecule has 2 aliphatic rings. The third kappa shape index (κ3) is 2.78. The zero-order valence-electron chi connectivity index (χ0n) is 11.0. The molecule has 3 atom stereocenters. The molecule has 5 heteroatoms. The summed E-state index contributed by atoms with van der Waals surface area (Å²) in [5.41, 5.74) is 0. The molecule has 2 aliphatic heterocycles. The molecule has 2 rings (SSSR count). The molecule has 0 saturated carbocycles. The quantitative estimate of drug-likeness (QED) is 0.748. The lowest BCUT2D eigenvalue weighted by molar-refractivity contribution is -0.132. The molecular formula is C12H23N3O2. The third-order valence-electron chi connectivity index (χ3n) is 3.68. The number of amides is 1. The van der Waals surface area contributed by atoms with Crippen molar-refractivity contribution in [2.75, 3.05) is 32.8 Å². The van der Waals surface area contributed by atoms with Gasteiger partial charge in [0.15, 0.2) is 0 Å². The van der Waals surface area contributed by atoms with Gasteiger partial charge in [-0.1, -0.05) is 6.92 Å². The Morgan fingerprint density at radius 1 is 1.47 bits per heavy atom. The molecule has 2 heterocycles. The van der Waals surface area contributed by atoms with Crippen LogP contribution in [0, 0.1) is 0 Å². The van der Waals surface area contributed by atoms with E-state index in [1.165, 1.54) is 0 Å². The number of likely N-dealkylation sites (N-methyl/N-ethyl adjacent to an activating group) is 1. The third-order valence-corrected chi connectivity index (χ3v) is 3.68. The number of carbonyl (C=O) groups excluding carboxylic acids is 1. The summed E-state index contributed by atoms with van der Waals surface area (Å²) in [5, 5.41) is 3.24. The van der Waals surface area contributed by atoms with E-state index in [1.807, 2.05) is 18.7 Å². The van der Waals surface area contributed by atoms with Crippen LogP contribution in [0.25, 0.3) is 0 Å². The standard InChI is InChI=1S/C12H23N3O2/c1-4-14-5-6-17-11(7-14)8-15-10(3)13-9(2)12(15)16/h9-11,13H,4-8H2,1-3H3. The van der Waals surface area contributed by atoms with E-state index in [9.17, 15) is 4.79 Å². The van der Waals surface area contributed by atoms with Crippen molar-refractivity contribution < 1.29 is 9.53 Å². The van der Waals surface area contributed by atoms with Crippen molar-refractivity contribution in [3.05, 3.63) is 0 Å². The zero-order chi connectivity index (χ0) is 12.4. The minimum atomic E-state index is -0.0594. The van der Waals surface area contributed by atoms with Gasteiger partial charge in [-0.25, -0.2) is 0 Å². The summed E-state index contributed by atoms with van der Waals surface area (Å²) < 4.78 is 5.74. The van der Waals surface area contributed by atoms with Gasteiger partial charge in [0.25, 0.3) is 0 Å². The average molecular weight is 241 g/mol. The molecule has 2 saturated heterocycles. The summed E-state index contributed by atoms with van der Waals surface area (Å²) in [6.45, 7) is 10.6. The van der Waals surface area contributed by atoms with Gasteiger partial charge in [-0.3, -0.25) is 15.0 Å². The van der Waals surface area contributed by atoms with Gasteiger partial charge in [-0.05, 0) is 20.4 Å². The Bertz CT molecular complexity index is 285. The maximum atomic E-state index is 11.9. The van der Waals surface area contributed by atoms with Gasteiger partial charge < -0.3 is 9.64 Å². The Kier molecular flexibility index (Phi) is 4.01.